The Morgan fingerprint density at radius 2 is 1.62 bits per heavy atom. The average Bonchev–Trinajstić information content (AvgIpc) is 3.21. The van der Waals surface area contributed by atoms with E-state index in [0.29, 0.717) is 0 Å². The molecule has 1 aromatic heterocycles. The minimum absolute atomic E-state index is 0.0680. The minimum Gasteiger partial charge on any atom is -0.368 e. The summed E-state index contributed by atoms with van der Waals surface area (Å²) in [6.45, 7) is -0.646. The SMILES string of the molecule is NC(=O)CN1CC(Cc2c[nH]c3ccccc23)NC(C(=O)c2cc(C(F)(F)F)cc(C(F)(F)F)c2)C1=O. The fourth-order valence-corrected chi connectivity index (χ4v) is 4.37. The Hall–Kier alpha value is -3.87. The lowest BCUT2D eigenvalue weighted by molar-refractivity contribution is -0.143. The Morgan fingerprint density at radius 1 is 1.00 bits per heavy atom. The summed E-state index contributed by atoms with van der Waals surface area (Å²) in [6.07, 6.45) is -8.40. The number of hydrogen-bond donors (Lipinski definition) is 3. The Balaban J connectivity index is 1.70. The van der Waals surface area contributed by atoms with E-state index in [1.807, 2.05) is 18.2 Å². The van der Waals surface area contributed by atoms with Crippen LogP contribution in [0.3, 0.4) is 0 Å². The molecule has 0 saturated carbocycles. The van der Waals surface area contributed by atoms with E-state index in [1.165, 1.54) is 0 Å². The lowest BCUT2D eigenvalue weighted by Crippen LogP contribution is -2.64. The number of primary amides is 1. The number of aromatic amines is 1. The molecule has 2 atom stereocenters. The number of piperazine rings is 1. The van der Waals surface area contributed by atoms with Gasteiger partial charge in [0, 0.05) is 35.2 Å². The largest absolute Gasteiger partial charge is 0.416 e. The van der Waals surface area contributed by atoms with Gasteiger partial charge in [0.15, 0.2) is 11.8 Å². The smallest absolute Gasteiger partial charge is 0.368 e. The standard InChI is InChI=1S/C24H20F6N4O3/c25-23(26,27)14-5-12(6-15(8-14)24(28,29)30)21(36)20-22(37)34(11-19(31)35)10-16(33-20)7-13-9-32-18-4-2-1-3-17(13)18/h1-6,8-9,16,20,32-33H,7,10-11H2,(H2,31,35). The van der Waals surface area contributed by atoms with E-state index in [9.17, 15) is 40.7 Å². The maximum Gasteiger partial charge on any atom is 0.416 e. The van der Waals surface area contributed by atoms with Gasteiger partial charge in [-0.3, -0.25) is 19.7 Å². The van der Waals surface area contributed by atoms with Gasteiger partial charge in [-0.25, -0.2) is 0 Å². The summed E-state index contributed by atoms with van der Waals surface area (Å²) in [6, 6.07) is 5.22. The number of hydrogen-bond acceptors (Lipinski definition) is 4. The summed E-state index contributed by atoms with van der Waals surface area (Å²) in [5.74, 6) is -3.17. The molecule has 0 aliphatic carbocycles. The Labute approximate surface area is 205 Å². The Bertz CT molecular complexity index is 1330. The van der Waals surface area contributed by atoms with Crippen molar-refractivity contribution in [3.05, 3.63) is 70.9 Å². The van der Waals surface area contributed by atoms with Gasteiger partial charge in [0.25, 0.3) is 0 Å². The van der Waals surface area contributed by atoms with Gasteiger partial charge in [0.2, 0.25) is 11.8 Å². The second kappa shape index (κ2) is 9.54. The van der Waals surface area contributed by atoms with Gasteiger partial charge in [-0.1, -0.05) is 18.2 Å². The van der Waals surface area contributed by atoms with E-state index in [-0.39, 0.29) is 31.2 Å². The van der Waals surface area contributed by atoms with E-state index in [2.05, 4.69) is 10.3 Å². The quantitative estimate of drug-likeness (QED) is 0.260. The van der Waals surface area contributed by atoms with Gasteiger partial charge in [-0.15, -0.1) is 0 Å². The van der Waals surface area contributed by atoms with Crippen molar-refractivity contribution in [2.75, 3.05) is 13.1 Å². The highest BCUT2D eigenvalue weighted by Crippen LogP contribution is 2.36. The Kier molecular flexibility index (Phi) is 6.76. The van der Waals surface area contributed by atoms with E-state index >= 15 is 0 Å². The molecular formula is C24H20F6N4O3. The number of nitrogens with one attached hydrogen (secondary N) is 2. The van der Waals surface area contributed by atoms with E-state index in [0.717, 1.165) is 21.4 Å². The summed E-state index contributed by atoms with van der Waals surface area (Å²) < 4.78 is 79.8. The van der Waals surface area contributed by atoms with E-state index in [1.54, 1.807) is 12.3 Å². The van der Waals surface area contributed by atoms with Crippen LogP contribution >= 0.6 is 0 Å². The first-order chi connectivity index (χ1) is 17.2. The second-order valence-corrected chi connectivity index (χ2v) is 8.70. The number of aromatic nitrogens is 1. The number of ketones is 1. The van der Waals surface area contributed by atoms with Crippen LogP contribution < -0.4 is 11.1 Å². The number of nitrogens with two attached hydrogens (primary N) is 1. The van der Waals surface area contributed by atoms with Gasteiger partial charge in [-0.05, 0) is 36.2 Å². The molecule has 7 nitrogen and oxygen atoms in total. The maximum atomic E-state index is 13.3. The van der Waals surface area contributed by atoms with Crippen molar-refractivity contribution < 1.29 is 40.7 Å². The zero-order valence-corrected chi connectivity index (χ0v) is 18.9. The van der Waals surface area contributed by atoms with Crippen LogP contribution in [0.1, 0.15) is 27.0 Å². The number of amides is 2. The summed E-state index contributed by atoms with van der Waals surface area (Å²) in [5.41, 5.74) is 2.51. The van der Waals surface area contributed by atoms with Gasteiger partial charge in [0.1, 0.15) is 0 Å². The van der Waals surface area contributed by atoms with E-state index in [4.69, 9.17) is 5.73 Å². The van der Waals surface area contributed by atoms with Crippen molar-refractivity contribution in [2.45, 2.75) is 30.9 Å². The van der Waals surface area contributed by atoms with Crippen molar-refractivity contribution in [3.63, 3.8) is 0 Å². The van der Waals surface area contributed by atoms with Gasteiger partial charge in [0.05, 0.1) is 17.7 Å². The molecule has 2 aromatic carbocycles. The molecule has 196 valence electrons. The predicted molar refractivity (Wildman–Crippen MR) is 119 cm³/mol. The van der Waals surface area contributed by atoms with Gasteiger partial charge in [-0.2, -0.15) is 26.3 Å². The number of benzene rings is 2. The molecule has 1 saturated heterocycles. The molecule has 0 bridgehead atoms. The van der Waals surface area contributed by atoms with Gasteiger partial charge >= 0.3 is 12.4 Å². The highest BCUT2D eigenvalue weighted by molar-refractivity contribution is 6.14. The second-order valence-electron chi connectivity index (χ2n) is 8.70. The molecule has 13 heteroatoms. The number of alkyl halides is 6. The molecule has 1 fully saturated rings. The molecular weight excluding hydrogens is 506 g/mol. The molecule has 1 aliphatic rings. The van der Waals surface area contributed by atoms with Crippen molar-refractivity contribution in [1.82, 2.24) is 15.2 Å². The third-order valence-electron chi connectivity index (χ3n) is 6.02. The average molecular weight is 526 g/mol. The number of halogens is 6. The molecule has 0 spiro atoms. The van der Waals surface area contributed by atoms with Crippen molar-refractivity contribution in [2.24, 2.45) is 5.73 Å². The molecule has 2 heterocycles. The molecule has 4 N–H and O–H groups in total. The molecule has 0 radical (unpaired) electrons. The molecule has 2 amide bonds. The zero-order valence-electron chi connectivity index (χ0n) is 18.9. The van der Waals surface area contributed by atoms with Crippen LogP contribution in [0, 0.1) is 0 Å². The van der Waals surface area contributed by atoms with Crippen LogP contribution in [0.25, 0.3) is 10.9 Å². The Morgan fingerprint density at radius 3 is 2.22 bits per heavy atom. The first-order valence-electron chi connectivity index (χ1n) is 11.0. The summed E-state index contributed by atoms with van der Waals surface area (Å²) >= 11 is 0. The number of para-hydroxylation sites is 1. The number of nitrogens with zero attached hydrogens (tertiary/aromatic N) is 1. The van der Waals surface area contributed by atoms with Crippen molar-refractivity contribution in [1.29, 1.82) is 0 Å². The number of H-pyrrole nitrogens is 1. The number of carbonyl (C=O) groups is 3. The number of fused-ring (bicyclic) bond motifs is 1. The third kappa shape index (κ3) is 5.61. The fourth-order valence-electron chi connectivity index (χ4n) is 4.37. The van der Waals surface area contributed by atoms with Crippen LogP contribution in [0.15, 0.2) is 48.7 Å². The van der Waals surface area contributed by atoms with Crippen LogP contribution in [0.5, 0.6) is 0 Å². The van der Waals surface area contributed by atoms with Crippen LogP contribution in [0.2, 0.25) is 0 Å². The highest BCUT2D eigenvalue weighted by Gasteiger charge is 2.42. The predicted octanol–water partition coefficient (Wildman–Crippen LogP) is 3.29. The molecule has 4 rings (SSSR count). The molecule has 3 aromatic rings. The topological polar surface area (TPSA) is 108 Å². The number of Topliss-reactive ketones (excluding diaryl/α,β-unsaturated/α-hetero) is 1. The third-order valence-corrected chi connectivity index (χ3v) is 6.02. The fraction of sp³-hybridized carbons (Fsp3) is 0.292. The number of rotatable bonds is 6. The lowest BCUT2D eigenvalue weighted by Gasteiger charge is -2.37. The first-order valence-corrected chi connectivity index (χ1v) is 11.0. The molecule has 1 aliphatic heterocycles. The molecule has 2 unspecified atom stereocenters. The number of carbonyl (C=O) groups excluding carboxylic acids is 3. The summed E-state index contributed by atoms with van der Waals surface area (Å²) in [5, 5.41) is 3.60. The first kappa shape index (κ1) is 26.2. The normalized spacial score (nSPS) is 18.9. The van der Waals surface area contributed by atoms with Crippen molar-refractivity contribution in [3.8, 4) is 0 Å². The highest BCUT2D eigenvalue weighted by atomic mass is 19.4. The van der Waals surface area contributed by atoms with Crippen LogP contribution in [-0.4, -0.2) is 52.7 Å². The zero-order chi connectivity index (χ0) is 27.1. The summed E-state index contributed by atoms with van der Waals surface area (Å²) in [7, 11) is 0. The van der Waals surface area contributed by atoms with Crippen LogP contribution in [-0.2, 0) is 28.4 Å². The van der Waals surface area contributed by atoms with Crippen LogP contribution in [0.4, 0.5) is 26.3 Å². The van der Waals surface area contributed by atoms with E-state index < -0.39 is 65.3 Å². The monoisotopic (exact) mass is 526 g/mol. The summed E-state index contributed by atoms with van der Waals surface area (Å²) in [4.78, 5) is 41.8. The maximum absolute atomic E-state index is 13.3. The van der Waals surface area contributed by atoms with Crippen molar-refractivity contribution >= 4 is 28.5 Å². The van der Waals surface area contributed by atoms with Gasteiger partial charge < -0.3 is 15.6 Å². The lowest BCUT2D eigenvalue weighted by atomic mass is 9.94. The molecule has 37 heavy (non-hydrogen) atoms. The minimum atomic E-state index is -5.17.